The molecule has 0 aromatic heterocycles. The lowest BCUT2D eigenvalue weighted by atomic mass is 9.82. The average molecular weight is 342 g/mol. The van der Waals surface area contributed by atoms with Gasteiger partial charge in [-0.25, -0.2) is 4.79 Å². The van der Waals surface area contributed by atoms with Crippen LogP contribution in [0.1, 0.15) is 51.4 Å². The molecule has 0 heterocycles. The number of carbonyl (C=O) groups is 2. The Kier molecular flexibility index (Phi) is 5.53. The van der Waals surface area contributed by atoms with Crippen molar-refractivity contribution in [1.82, 2.24) is 5.32 Å². The van der Waals surface area contributed by atoms with E-state index in [2.05, 4.69) is 31.4 Å². The van der Waals surface area contributed by atoms with Gasteiger partial charge in [0.1, 0.15) is 5.75 Å². The Balaban J connectivity index is 2.88. The number of nitrogens with two attached hydrogens (primary N) is 1. The van der Waals surface area contributed by atoms with Crippen LogP contribution < -0.4 is 16.4 Å². The normalized spacial score (nSPS) is 11.9. The average Bonchev–Trinajstić information content (AvgIpc) is 2.28. The van der Waals surface area contributed by atoms with Gasteiger partial charge >= 0.3 is 6.03 Å². The lowest BCUT2D eigenvalue weighted by Gasteiger charge is -2.33. The number of amides is 3. The maximum atomic E-state index is 12.1. The van der Waals surface area contributed by atoms with Gasteiger partial charge in [-0.2, -0.15) is 0 Å². The number of phenols is 1. The van der Waals surface area contributed by atoms with Gasteiger partial charge in [-0.15, -0.1) is 0 Å². The van der Waals surface area contributed by atoms with Crippen molar-refractivity contribution in [3.63, 3.8) is 0 Å². The van der Waals surface area contributed by atoms with Crippen molar-refractivity contribution in [2.24, 2.45) is 11.1 Å². The maximum absolute atomic E-state index is 12.1. The molecule has 0 saturated carbocycles. The van der Waals surface area contributed by atoms with Gasteiger partial charge in [0.05, 0.1) is 10.6 Å². The van der Waals surface area contributed by atoms with Crippen LogP contribution in [-0.2, 0) is 0 Å². The van der Waals surface area contributed by atoms with Crippen LogP contribution >= 0.6 is 11.6 Å². The summed E-state index contributed by atoms with van der Waals surface area (Å²) in [6.45, 7) is 10.1. The van der Waals surface area contributed by atoms with E-state index < -0.39 is 23.2 Å². The first-order valence-electron chi connectivity index (χ1n) is 7.22. The molecule has 23 heavy (non-hydrogen) atoms. The lowest BCUT2D eigenvalue weighted by molar-refractivity contribution is 0.0997. The maximum Gasteiger partial charge on any atom is 0.319 e. The van der Waals surface area contributed by atoms with E-state index >= 15 is 0 Å². The van der Waals surface area contributed by atoms with Gasteiger partial charge in [-0.05, 0) is 37.8 Å². The Labute approximate surface area is 141 Å². The standard InChI is InChI=1S/C16H24ClN3O3/c1-15(2,3)8-16(4,5)20-14(23)19-9-6-10(13(18)22)12(21)11(17)7-9/h6-7,21H,8H2,1-5H3,(H2,18,22)(H2,19,20,23). The molecule has 1 aromatic carbocycles. The highest BCUT2D eigenvalue weighted by atomic mass is 35.5. The summed E-state index contributed by atoms with van der Waals surface area (Å²) in [5, 5.41) is 15.1. The number of halogens is 1. The molecule has 0 atom stereocenters. The molecule has 5 N–H and O–H groups in total. The highest BCUT2D eigenvalue weighted by molar-refractivity contribution is 6.33. The van der Waals surface area contributed by atoms with Crippen LogP contribution in [0.5, 0.6) is 5.75 Å². The van der Waals surface area contributed by atoms with Crippen molar-refractivity contribution < 1.29 is 14.7 Å². The molecule has 1 aromatic rings. The van der Waals surface area contributed by atoms with Crippen LogP contribution in [0.3, 0.4) is 0 Å². The number of primary amides is 1. The molecular formula is C16H24ClN3O3. The summed E-state index contributed by atoms with van der Waals surface area (Å²) in [5.41, 5.74) is 4.92. The van der Waals surface area contributed by atoms with E-state index in [1.165, 1.54) is 12.1 Å². The van der Waals surface area contributed by atoms with Gasteiger partial charge in [0, 0.05) is 11.2 Å². The largest absolute Gasteiger partial charge is 0.506 e. The van der Waals surface area contributed by atoms with Gasteiger partial charge in [0.15, 0.2) is 0 Å². The molecule has 0 aliphatic carbocycles. The third kappa shape index (κ3) is 5.98. The molecule has 0 aliphatic rings. The van der Waals surface area contributed by atoms with E-state index in [0.29, 0.717) is 0 Å². The summed E-state index contributed by atoms with van der Waals surface area (Å²) < 4.78 is 0. The highest BCUT2D eigenvalue weighted by Crippen LogP contribution is 2.31. The fourth-order valence-electron chi connectivity index (χ4n) is 2.70. The predicted octanol–water partition coefficient (Wildman–Crippen LogP) is 3.48. The molecule has 3 amide bonds. The summed E-state index contributed by atoms with van der Waals surface area (Å²) in [7, 11) is 0. The lowest BCUT2D eigenvalue weighted by Crippen LogP contribution is -2.47. The Morgan fingerprint density at radius 1 is 1.22 bits per heavy atom. The summed E-state index contributed by atoms with van der Waals surface area (Å²) in [5.74, 6) is -1.24. The Morgan fingerprint density at radius 3 is 2.26 bits per heavy atom. The van der Waals surface area contributed by atoms with E-state index in [9.17, 15) is 14.7 Å². The number of anilines is 1. The van der Waals surface area contributed by atoms with E-state index in [-0.39, 0.29) is 21.7 Å². The number of aromatic hydroxyl groups is 1. The van der Waals surface area contributed by atoms with Crippen molar-refractivity contribution in [3.05, 3.63) is 22.7 Å². The second-order valence-electron chi connectivity index (χ2n) is 7.42. The zero-order valence-electron chi connectivity index (χ0n) is 14.1. The van der Waals surface area contributed by atoms with Crippen molar-refractivity contribution in [1.29, 1.82) is 0 Å². The fourth-order valence-corrected chi connectivity index (χ4v) is 2.92. The van der Waals surface area contributed by atoms with Crippen LogP contribution in [0.15, 0.2) is 12.1 Å². The third-order valence-electron chi connectivity index (χ3n) is 3.01. The first-order chi connectivity index (χ1) is 10.3. The predicted molar refractivity (Wildman–Crippen MR) is 91.9 cm³/mol. The quantitative estimate of drug-likeness (QED) is 0.630. The first-order valence-corrected chi connectivity index (χ1v) is 7.60. The van der Waals surface area contributed by atoms with E-state index in [0.717, 1.165) is 6.42 Å². The summed E-state index contributed by atoms with van der Waals surface area (Å²) in [4.78, 5) is 23.4. The zero-order valence-corrected chi connectivity index (χ0v) is 14.8. The van der Waals surface area contributed by atoms with Crippen molar-refractivity contribution in [2.45, 2.75) is 46.6 Å². The summed E-state index contributed by atoms with van der Waals surface area (Å²) in [6.07, 6.45) is 0.774. The van der Waals surface area contributed by atoms with E-state index in [1.807, 2.05) is 13.8 Å². The Bertz CT molecular complexity index is 622. The molecule has 0 fully saturated rings. The summed E-state index contributed by atoms with van der Waals surface area (Å²) >= 11 is 5.84. The smallest absolute Gasteiger partial charge is 0.319 e. The van der Waals surface area contributed by atoms with Crippen LogP contribution in [0.25, 0.3) is 0 Å². The number of rotatable bonds is 4. The van der Waals surface area contributed by atoms with Gasteiger partial charge in [0.25, 0.3) is 5.91 Å². The van der Waals surface area contributed by atoms with E-state index in [4.69, 9.17) is 17.3 Å². The topological polar surface area (TPSA) is 104 Å². The molecule has 0 saturated heterocycles. The molecule has 7 heteroatoms. The molecule has 6 nitrogen and oxygen atoms in total. The van der Waals surface area contributed by atoms with Gasteiger partial charge in [0.2, 0.25) is 0 Å². The van der Waals surface area contributed by atoms with Crippen LogP contribution in [0.2, 0.25) is 5.02 Å². The number of carbonyl (C=O) groups excluding carboxylic acids is 2. The van der Waals surface area contributed by atoms with Crippen molar-refractivity contribution >= 4 is 29.2 Å². The van der Waals surface area contributed by atoms with Crippen LogP contribution in [-0.4, -0.2) is 22.6 Å². The molecular weight excluding hydrogens is 318 g/mol. The molecule has 1 rings (SSSR count). The van der Waals surface area contributed by atoms with E-state index in [1.54, 1.807) is 0 Å². The minimum atomic E-state index is -0.832. The van der Waals surface area contributed by atoms with Gasteiger partial charge in [-0.3, -0.25) is 4.79 Å². The van der Waals surface area contributed by atoms with Crippen molar-refractivity contribution in [2.75, 3.05) is 5.32 Å². The third-order valence-corrected chi connectivity index (χ3v) is 3.30. The van der Waals surface area contributed by atoms with Crippen molar-refractivity contribution in [3.8, 4) is 5.75 Å². The molecule has 0 spiro atoms. The SMILES string of the molecule is CC(C)(C)CC(C)(C)NC(=O)Nc1cc(Cl)c(O)c(C(N)=O)c1. The number of benzene rings is 1. The monoisotopic (exact) mass is 341 g/mol. The minimum absolute atomic E-state index is 0.0533. The molecule has 128 valence electrons. The molecule has 0 bridgehead atoms. The van der Waals surface area contributed by atoms with Crippen LogP contribution in [0.4, 0.5) is 10.5 Å². The zero-order chi connectivity index (χ0) is 18.0. The molecule has 0 unspecified atom stereocenters. The highest BCUT2D eigenvalue weighted by Gasteiger charge is 2.27. The van der Waals surface area contributed by atoms with Gasteiger partial charge in [-0.1, -0.05) is 32.4 Å². The fraction of sp³-hybridized carbons (Fsp3) is 0.500. The number of hydrogen-bond acceptors (Lipinski definition) is 3. The van der Waals surface area contributed by atoms with Gasteiger partial charge < -0.3 is 21.5 Å². The van der Waals surface area contributed by atoms with Crippen LogP contribution in [0, 0.1) is 5.41 Å². The first kappa shape index (κ1) is 19.1. The summed E-state index contributed by atoms with van der Waals surface area (Å²) in [6, 6.07) is 2.19. The Morgan fingerprint density at radius 2 is 1.78 bits per heavy atom. The Hall–Kier alpha value is -1.95. The molecule has 0 radical (unpaired) electrons. The number of hydrogen-bond donors (Lipinski definition) is 4. The second-order valence-corrected chi connectivity index (χ2v) is 7.83. The second kappa shape index (κ2) is 6.66. The number of urea groups is 1. The number of nitrogens with one attached hydrogen (secondary N) is 2. The molecule has 0 aliphatic heterocycles. The minimum Gasteiger partial charge on any atom is -0.506 e.